The van der Waals surface area contributed by atoms with Gasteiger partial charge in [-0.15, -0.1) is 0 Å². The van der Waals surface area contributed by atoms with Crippen LogP contribution in [0.1, 0.15) is 5.56 Å². The van der Waals surface area contributed by atoms with Gasteiger partial charge in [-0.3, -0.25) is 4.79 Å². The molecule has 1 saturated heterocycles. The summed E-state index contributed by atoms with van der Waals surface area (Å²) in [7, 11) is -5.14. The lowest BCUT2D eigenvalue weighted by molar-refractivity contribution is -0.145. The van der Waals surface area contributed by atoms with Gasteiger partial charge in [0.1, 0.15) is 17.8 Å². The van der Waals surface area contributed by atoms with E-state index in [4.69, 9.17) is 9.47 Å². The molecule has 1 aliphatic heterocycles. The van der Waals surface area contributed by atoms with Crippen molar-refractivity contribution in [2.45, 2.75) is 23.4 Å². The van der Waals surface area contributed by atoms with Crippen molar-refractivity contribution >= 4 is 31.9 Å². The van der Waals surface area contributed by atoms with Crippen molar-refractivity contribution in [1.82, 2.24) is 13.9 Å². The number of rotatable bonds is 9. The average Bonchev–Trinajstić information content (AvgIpc) is 2.87. The molecular formula is C23H29N3O8S2. The minimum Gasteiger partial charge on any atom is -0.497 e. The van der Waals surface area contributed by atoms with Crippen LogP contribution in [0.4, 0.5) is 0 Å². The zero-order valence-corrected chi connectivity index (χ0v) is 21.8. The summed E-state index contributed by atoms with van der Waals surface area (Å²) in [5.41, 5.74) is 0.696. The standard InChI is InChI=1S/C23H29N3O8S2/c1-33-18-11-9-17(10-12-18)15-20(23(28)34-2)24-22(27)21-16-25(35(3,29)30)13-14-26(21)36(31,32)19-7-5-4-6-8-19/h4-12,20-21H,13-16H2,1-3H3,(H,24,27)/t20-,21-/m0/s1. The molecule has 13 heteroatoms. The van der Waals surface area contributed by atoms with Gasteiger partial charge in [0.2, 0.25) is 26.0 Å². The third-order valence-corrected chi connectivity index (χ3v) is 9.01. The number of carbonyl (C=O) groups is 2. The maximum atomic E-state index is 13.4. The van der Waals surface area contributed by atoms with E-state index in [1.807, 2.05) is 0 Å². The Hall–Kier alpha value is -3.00. The van der Waals surface area contributed by atoms with Gasteiger partial charge in [-0.2, -0.15) is 8.61 Å². The molecule has 196 valence electrons. The topological polar surface area (TPSA) is 139 Å². The van der Waals surface area contributed by atoms with Crippen molar-refractivity contribution in [1.29, 1.82) is 0 Å². The number of ether oxygens (including phenoxy) is 2. The normalized spacial score (nSPS) is 18.2. The van der Waals surface area contributed by atoms with Crippen LogP contribution in [-0.4, -0.2) is 89.5 Å². The van der Waals surface area contributed by atoms with Crippen LogP contribution >= 0.6 is 0 Å². The van der Waals surface area contributed by atoms with E-state index in [9.17, 15) is 26.4 Å². The first-order valence-corrected chi connectivity index (χ1v) is 14.3. The quantitative estimate of drug-likeness (QED) is 0.447. The Balaban J connectivity index is 1.90. The van der Waals surface area contributed by atoms with Crippen LogP contribution in [0.5, 0.6) is 5.75 Å². The van der Waals surface area contributed by atoms with E-state index >= 15 is 0 Å². The molecule has 1 fully saturated rings. The number of nitrogens with one attached hydrogen (secondary N) is 1. The van der Waals surface area contributed by atoms with Crippen molar-refractivity contribution in [3.05, 3.63) is 60.2 Å². The monoisotopic (exact) mass is 539 g/mol. The number of hydrogen-bond acceptors (Lipinski definition) is 8. The van der Waals surface area contributed by atoms with Crippen LogP contribution in [0.3, 0.4) is 0 Å². The highest BCUT2D eigenvalue weighted by Gasteiger charge is 2.43. The van der Waals surface area contributed by atoms with Gasteiger partial charge in [0.15, 0.2) is 0 Å². The summed E-state index contributed by atoms with van der Waals surface area (Å²) in [5.74, 6) is -0.929. The van der Waals surface area contributed by atoms with Crippen molar-refractivity contribution in [3.8, 4) is 5.75 Å². The molecule has 1 amide bonds. The first-order chi connectivity index (χ1) is 17.0. The van der Waals surface area contributed by atoms with Crippen LogP contribution in [0.2, 0.25) is 0 Å². The number of amides is 1. The molecule has 0 bridgehead atoms. The molecule has 2 atom stereocenters. The Morgan fingerprint density at radius 3 is 2.19 bits per heavy atom. The molecule has 0 spiro atoms. The zero-order valence-electron chi connectivity index (χ0n) is 20.2. The number of nitrogens with zero attached hydrogens (tertiary/aromatic N) is 2. The molecule has 11 nitrogen and oxygen atoms in total. The SMILES string of the molecule is COC(=O)[C@H](Cc1ccc(OC)cc1)NC(=O)[C@@H]1CN(S(C)(=O)=O)CCN1S(=O)(=O)c1ccccc1. The van der Waals surface area contributed by atoms with Crippen LogP contribution < -0.4 is 10.1 Å². The molecule has 1 N–H and O–H groups in total. The van der Waals surface area contributed by atoms with Crippen LogP contribution in [-0.2, 0) is 40.8 Å². The summed E-state index contributed by atoms with van der Waals surface area (Å²) < 4.78 is 63.1. The highest BCUT2D eigenvalue weighted by molar-refractivity contribution is 7.89. The second-order valence-electron chi connectivity index (χ2n) is 8.20. The summed E-state index contributed by atoms with van der Waals surface area (Å²) >= 11 is 0. The molecule has 0 aromatic heterocycles. The van der Waals surface area contributed by atoms with Gasteiger partial charge < -0.3 is 14.8 Å². The smallest absolute Gasteiger partial charge is 0.328 e. The van der Waals surface area contributed by atoms with Gasteiger partial charge in [0, 0.05) is 26.1 Å². The predicted molar refractivity (Wildman–Crippen MR) is 131 cm³/mol. The van der Waals surface area contributed by atoms with Gasteiger partial charge in [-0.25, -0.2) is 21.6 Å². The summed E-state index contributed by atoms with van der Waals surface area (Å²) in [5, 5.41) is 2.57. The Morgan fingerprint density at radius 2 is 1.64 bits per heavy atom. The first-order valence-electron chi connectivity index (χ1n) is 11.0. The lowest BCUT2D eigenvalue weighted by atomic mass is 10.0. The fourth-order valence-corrected chi connectivity index (χ4v) is 6.29. The molecule has 0 saturated carbocycles. The van der Waals surface area contributed by atoms with Gasteiger partial charge in [-0.05, 0) is 29.8 Å². The van der Waals surface area contributed by atoms with Gasteiger partial charge in [-0.1, -0.05) is 30.3 Å². The molecule has 3 rings (SSSR count). The van der Waals surface area contributed by atoms with Crippen molar-refractivity contribution in [3.63, 3.8) is 0 Å². The van der Waals surface area contributed by atoms with E-state index in [-0.39, 0.29) is 24.4 Å². The Labute approximate surface area is 211 Å². The number of hydrogen-bond donors (Lipinski definition) is 1. The van der Waals surface area contributed by atoms with E-state index in [2.05, 4.69) is 5.32 Å². The molecular weight excluding hydrogens is 510 g/mol. The molecule has 0 radical (unpaired) electrons. The minimum absolute atomic E-state index is 0.0293. The summed E-state index contributed by atoms with van der Waals surface area (Å²) in [6.45, 7) is -0.738. The Bertz CT molecular complexity index is 1280. The van der Waals surface area contributed by atoms with E-state index in [1.54, 1.807) is 42.5 Å². The zero-order chi connectivity index (χ0) is 26.5. The van der Waals surface area contributed by atoms with Crippen molar-refractivity contribution < 1.29 is 35.9 Å². The second kappa shape index (κ2) is 11.4. The molecule has 1 heterocycles. The van der Waals surface area contributed by atoms with Gasteiger partial charge in [0.05, 0.1) is 25.4 Å². The van der Waals surface area contributed by atoms with E-state index in [0.717, 1.165) is 14.9 Å². The predicted octanol–water partition coefficient (Wildman–Crippen LogP) is 0.230. The van der Waals surface area contributed by atoms with Crippen LogP contribution in [0, 0.1) is 0 Å². The van der Waals surface area contributed by atoms with Crippen LogP contribution in [0.25, 0.3) is 0 Å². The summed E-state index contributed by atoms with van der Waals surface area (Å²) in [6.07, 6.45) is 1.06. The molecule has 36 heavy (non-hydrogen) atoms. The number of methoxy groups -OCH3 is 2. The third-order valence-electron chi connectivity index (χ3n) is 5.82. The maximum absolute atomic E-state index is 13.4. The van der Waals surface area contributed by atoms with Gasteiger partial charge in [0.25, 0.3) is 0 Å². The average molecular weight is 540 g/mol. The second-order valence-corrected chi connectivity index (χ2v) is 12.1. The Morgan fingerprint density at radius 1 is 1.00 bits per heavy atom. The molecule has 0 unspecified atom stereocenters. The largest absolute Gasteiger partial charge is 0.497 e. The minimum atomic E-state index is -4.13. The van der Waals surface area contributed by atoms with E-state index in [1.165, 1.54) is 26.4 Å². The van der Waals surface area contributed by atoms with Crippen LogP contribution in [0.15, 0.2) is 59.5 Å². The Kier molecular flexibility index (Phi) is 8.71. The number of sulfonamides is 2. The van der Waals surface area contributed by atoms with E-state index in [0.29, 0.717) is 11.3 Å². The number of esters is 1. The highest BCUT2D eigenvalue weighted by Crippen LogP contribution is 2.23. The summed E-state index contributed by atoms with van der Waals surface area (Å²) in [6, 6.07) is 11.9. The lowest BCUT2D eigenvalue weighted by Gasteiger charge is -2.38. The van der Waals surface area contributed by atoms with Gasteiger partial charge >= 0.3 is 5.97 Å². The first kappa shape index (κ1) is 27.6. The molecule has 2 aromatic rings. The fraction of sp³-hybridized carbons (Fsp3) is 0.391. The molecule has 0 aliphatic carbocycles. The number of carbonyl (C=O) groups excluding carboxylic acids is 2. The summed E-state index contributed by atoms with van der Waals surface area (Å²) in [4.78, 5) is 25.9. The number of benzene rings is 2. The molecule has 2 aromatic carbocycles. The lowest BCUT2D eigenvalue weighted by Crippen LogP contribution is -2.62. The van der Waals surface area contributed by atoms with Crippen molar-refractivity contribution in [2.75, 3.05) is 40.1 Å². The van der Waals surface area contributed by atoms with Crippen molar-refractivity contribution in [2.24, 2.45) is 0 Å². The third kappa shape index (κ3) is 6.40. The fourth-order valence-electron chi connectivity index (χ4n) is 3.87. The highest BCUT2D eigenvalue weighted by atomic mass is 32.2. The molecule has 1 aliphatic rings. The van der Waals surface area contributed by atoms with E-state index < -0.39 is 50.6 Å². The maximum Gasteiger partial charge on any atom is 0.328 e. The number of piperazine rings is 1.